The topological polar surface area (TPSA) is 22.1 Å². The molecule has 1 fully saturated rings. The number of thiazole rings is 1. The van der Waals surface area contributed by atoms with E-state index in [1.165, 1.54) is 17.1 Å². The maximum absolute atomic E-state index is 5.57. The van der Waals surface area contributed by atoms with Crippen LogP contribution < -0.4 is 0 Å². The highest BCUT2D eigenvalue weighted by atomic mass is 32.1. The van der Waals surface area contributed by atoms with E-state index < -0.39 is 0 Å². The summed E-state index contributed by atoms with van der Waals surface area (Å²) < 4.78 is 5.57. The minimum atomic E-state index is -0.0158. The molecule has 1 aliphatic rings. The third kappa shape index (κ3) is 1.40. The summed E-state index contributed by atoms with van der Waals surface area (Å²) in [5.41, 5.74) is 1.18. The maximum Gasteiger partial charge on any atom is 0.125 e. The summed E-state index contributed by atoms with van der Waals surface area (Å²) in [6, 6.07) is 0. The zero-order valence-electron chi connectivity index (χ0n) is 8.17. The molecule has 1 saturated carbocycles. The molecule has 1 aliphatic carbocycles. The first-order valence-corrected chi connectivity index (χ1v) is 5.69. The van der Waals surface area contributed by atoms with Crippen molar-refractivity contribution in [3.8, 4) is 0 Å². The lowest BCUT2D eigenvalue weighted by molar-refractivity contribution is -0.0780. The standard InChI is InChI=1S/C10H15NOS/c1-3-8-7-13-9(11-8)10(12-2)5-4-6-10/h7H,3-6H2,1-2H3. The van der Waals surface area contributed by atoms with E-state index in [1.54, 1.807) is 18.4 Å². The molecule has 0 aliphatic heterocycles. The summed E-state index contributed by atoms with van der Waals surface area (Å²) in [6.45, 7) is 2.14. The molecule has 0 saturated heterocycles. The highest BCUT2D eigenvalue weighted by molar-refractivity contribution is 7.09. The SMILES string of the molecule is CCc1csc(C2(OC)CCC2)n1. The first-order valence-electron chi connectivity index (χ1n) is 4.81. The molecule has 0 aromatic carbocycles. The normalized spacial score (nSPS) is 19.8. The van der Waals surface area contributed by atoms with Gasteiger partial charge in [0.15, 0.2) is 0 Å². The van der Waals surface area contributed by atoms with Crippen molar-refractivity contribution in [1.29, 1.82) is 0 Å². The Bertz CT molecular complexity index is 285. The van der Waals surface area contributed by atoms with Gasteiger partial charge in [0.1, 0.15) is 10.6 Å². The molecule has 2 nitrogen and oxygen atoms in total. The van der Waals surface area contributed by atoms with Crippen LogP contribution in [0.4, 0.5) is 0 Å². The molecular weight excluding hydrogens is 182 g/mol. The first-order chi connectivity index (χ1) is 6.30. The molecule has 1 heterocycles. The molecule has 2 rings (SSSR count). The van der Waals surface area contributed by atoms with Gasteiger partial charge in [-0.25, -0.2) is 4.98 Å². The molecule has 0 atom stereocenters. The van der Waals surface area contributed by atoms with Crippen LogP contribution in [0.2, 0.25) is 0 Å². The van der Waals surface area contributed by atoms with Crippen LogP contribution in [-0.4, -0.2) is 12.1 Å². The molecular formula is C10H15NOS. The van der Waals surface area contributed by atoms with Crippen molar-refractivity contribution < 1.29 is 4.74 Å². The van der Waals surface area contributed by atoms with Crippen molar-refractivity contribution in [2.75, 3.05) is 7.11 Å². The molecule has 0 bridgehead atoms. The number of ether oxygens (including phenoxy) is 1. The Kier molecular flexibility index (Phi) is 2.39. The number of aromatic nitrogens is 1. The molecule has 0 amide bonds. The van der Waals surface area contributed by atoms with Crippen LogP contribution in [0, 0.1) is 0 Å². The number of rotatable bonds is 3. The Morgan fingerprint density at radius 1 is 1.62 bits per heavy atom. The van der Waals surface area contributed by atoms with Crippen LogP contribution in [0.25, 0.3) is 0 Å². The molecule has 1 aromatic rings. The largest absolute Gasteiger partial charge is 0.371 e. The van der Waals surface area contributed by atoms with Crippen molar-refractivity contribution >= 4 is 11.3 Å². The van der Waals surface area contributed by atoms with E-state index in [0.29, 0.717) is 0 Å². The van der Waals surface area contributed by atoms with Gasteiger partial charge in [-0.15, -0.1) is 11.3 Å². The zero-order valence-corrected chi connectivity index (χ0v) is 8.99. The second-order valence-electron chi connectivity index (χ2n) is 3.55. The van der Waals surface area contributed by atoms with E-state index in [-0.39, 0.29) is 5.60 Å². The Balaban J connectivity index is 2.23. The van der Waals surface area contributed by atoms with Gasteiger partial charge in [-0.1, -0.05) is 6.92 Å². The highest BCUT2D eigenvalue weighted by Gasteiger charge is 2.41. The van der Waals surface area contributed by atoms with Crippen LogP contribution in [0.5, 0.6) is 0 Å². The summed E-state index contributed by atoms with van der Waals surface area (Å²) in [4.78, 5) is 4.59. The maximum atomic E-state index is 5.57. The Labute approximate surface area is 83.0 Å². The number of hydrogen-bond donors (Lipinski definition) is 0. The number of aryl methyl sites for hydroxylation is 1. The lowest BCUT2D eigenvalue weighted by Crippen LogP contribution is -2.35. The fourth-order valence-electron chi connectivity index (χ4n) is 1.68. The predicted octanol–water partition coefficient (Wildman–Crippen LogP) is 2.73. The fourth-order valence-corrected chi connectivity index (χ4v) is 2.82. The molecule has 0 radical (unpaired) electrons. The van der Waals surface area contributed by atoms with Crippen LogP contribution in [0.3, 0.4) is 0 Å². The molecule has 0 spiro atoms. The lowest BCUT2D eigenvalue weighted by Gasteiger charge is -2.38. The van der Waals surface area contributed by atoms with Gasteiger partial charge in [-0.3, -0.25) is 0 Å². The van der Waals surface area contributed by atoms with Crippen molar-refractivity contribution in [3.63, 3.8) is 0 Å². The summed E-state index contributed by atoms with van der Waals surface area (Å²) >= 11 is 1.75. The minimum Gasteiger partial charge on any atom is -0.371 e. The van der Waals surface area contributed by atoms with Gasteiger partial charge >= 0.3 is 0 Å². The molecule has 0 unspecified atom stereocenters. The summed E-state index contributed by atoms with van der Waals surface area (Å²) in [5.74, 6) is 0. The lowest BCUT2D eigenvalue weighted by atomic mass is 9.80. The van der Waals surface area contributed by atoms with Gasteiger partial charge in [0.25, 0.3) is 0 Å². The summed E-state index contributed by atoms with van der Waals surface area (Å²) in [6.07, 6.45) is 4.57. The van der Waals surface area contributed by atoms with Gasteiger partial charge in [0.2, 0.25) is 0 Å². The van der Waals surface area contributed by atoms with Crippen molar-refractivity contribution in [2.45, 2.75) is 38.2 Å². The number of hydrogen-bond acceptors (Lipinski definition) is 3. The van der Waals surface area contributed by atoms with Crippen molar-refractivity contribution in [3.05, 3.63) is 16.1 Å². The monoisotopic (exact) mass is 197 g/mol. The number of methoxy groups -OCH3 is 1. The summed E-state index contributed by atoms with van der Waals surface area (Å²) in [7, 11) is 1.80. The van der Waals surface area contributed by atoms with E-state index >= 15 is 0 Å². The Morgan fingerprint density at radius 3 is 2.77 bits per heavy atom. The zero-order chi connectivity index (χ0) is 9.31. The molecule has 13 heavy (non-hydrogen) atoms. The van der Waals surface area contributed by atoms with E-state index in [2.05, 4.69) is 17.3 Å². The minimum absolute atomic E-state index is 0.0158. The summed E-state index contributed by atoms with van der Waals surface area (Å²) in [5, 5.41) is 3.33. The van der Waals surface area contributed by atoms with Crippen LogP contribution >= 0.6 is 11.3 Å². The van der Waals surface area contributed by atoms with E-state index in [0.717, 1.165) is 19.3 Å². The van der Waals surface area contributed by atoms with Gasteiger partial charge in [-0.2, -0.15) is 0 Å². The van der Waals surface area contributed by atoms with E-state index in [1.807, 2.05) is 0 Å². The molecule has 72 valence electrons. The van der Waals surface area contributed by atoms with Gasteiger partial charge in [0.05, 0.1) is 5.69 Å². The van der Waals surface area contributed by atoms with E-state index in [9.17, 15) is 0 Å². The average Bonchev–Trinajstić information content (AvgIpc) is 2.52. The average molecular weight is 197 g/mol. The van der Waals surface area contributed by atoms with Gasteiger partial charge < -0.3 is 4.74 Å². The second-order valence-corrected chi connectivity index (χ2v) is 4.41. The Morgan fingerprint density at radius 2 is 2.38 bits per heavy atom. The molecule has 1 aromatic heterocycles. The first kappa shape index (κ1) is 9.16. The van der Waals surface area contributed by atoms with Crippen LogP contribution in [-0.2, 0) is 16.8 Å². The fraction of sp³-hybridized carbons (Fsp3) is 0.700. The van der Waals surface area contributed by atoms with Gasteiger partial charge in [-0.05, 0) is 25.7 Å². The molecule has 3 heteroatoms. The van der Waals surface area contributed by atoms with Crippen LogP contribution in [0.15, 0.2) is 5.38 Å². The smallest absolute Gasteiger partial charge is 0.125 e. The van der Waals surface area contributed by atoms with Crippen molar-refractivity contribution in [2.24, 2.45) is 0 Å². The van der Waals surface area contributed by atoms with E-state index in [4.69, 9.17) is 4.74 Å². The van der Waals surface area contributed by atoms with Crippen molar-refractivity contribution in [1.82, 2.24) is 4.98 Å². The van der Waals surface area contributed by atoms with Gasteiger partial charge in [0, 0.05) is 12.5 Å². The van der Waals surface area contributed by atoms with Crippen LogP contribution in [0.1, 0.15) is 36.9 Å². The highest BCUT2D eigenvalue weighted by Crippen LogP contribution is 2.45. The molecule has 0 N–H and O–H groups in total. The Hall–Kier alpha value is -0.410. The third-order valence-electron chi connectivity index (χ3n) is 2.86. The second kappa shape index (κ2) is 3.39. The quantitative estimate of drug-likeness (QED) is 0.743. The predicted molar refractivity (Wildman–Crippen MR) is 54.0 cm³/mol. The third-order valence-corrected chi connectivity index (χ3v) is 3.93. The number of nitrogens with zero attached hydrogens (tertiary/aromatic N) is 1.